The zero-order valence-electron chi connectivity index (χ0n) is 10.9. The summed E-state index contributed by atoms with van der Waals surface area (Å²) in [5.74, 6) is -0.0430. The van der Waals surface area contributed by atoms with Gasteiger partial charge in [-0.25, -0.2) is 0 Å². The van der Waals surface area contributed by atoms with Crippen molar-refractivity contribution in [1.82, 2.24) is 10.3 Å². The van der Waals surface area contributed by atoms with Crippen LogP contribution in [0.5, 0.6) is 5.75 Å². The summed E-state index contributed by atoms with van der Waals surface area (Å²) in [6.45, 7) is 1.66. The van der Waals surface area contributed by atoms with E-state index >= 15 is 0 Å². The number of aromatic nitrogens is 1. The third kappa shape index (κ3) is 4.24. The largest absolute Gasteiger partial charge is 0.468 e. The number of carbonyl (C=O) groups excluding carboxylic acids is 1. The molecule has 1 aromatic carbocycles. The van der Waals surface area contributed by atoms with Gasteiger partial charge in [0, 0.05) is 17.4 Å². The highest BCUT2D eigenvalue weighted by Gasteiger charge is 2.15. The molecule has 1 amide bonds. The van der Waals surface area contributed by atoms with Gasteiger partial charge < -0.3 is 10.1 Å². The molecule has 7 heteroatoms. The molecular formula is C14H11Cl3N2O2. The molecule has 0 aliphatic carbocycles. The van der Waals surface area contributed by atoms with Crippen LogP contribution in [0.3, 0.4) is 0 Å². The van der Waals surface area contributed by atoms with Gasteiger partial charge in [-0.05, 0) is 31.2 Å². The minimum absolute atomic E-state index is 0.265. The Labute approximate surface area is 137 Å². The second-order valence-electron chi connectivity index (χ2n) is 4.17. The molecule has 2 rings (SSSR count). The van der Waals surface area contributed by atoms with Crippen molar-refractivity contribution in [2.75, 3.05) is 0 Å². The van der Waals surface area contributed by atoms with Gasteiger partial charge in [-0.2, -0.15) is 0 Å². The highest BCUT2D eigenvalue weighted by atomic mass is 35.5. The van der Waals surface area contributed by atoms with E-state index in [1.165, 1.54) is 18.3 Å². The first-order chi connectivity index (χ1) is 9.97. The van der Waals surface area contributed by atoms with E-state index in [-0.39, 0.29) is 21.7 Å². The average molecular weight is 346 g/mol. The molecule has 21 heavy (non-hydrogen) atoms. The molecular weight excluding hydrogens is 335 g/mol. The maximum atomic E-state index is 12.0. The number of ether oxygens (including phenoxy) is 1. The minimum atomic E-state index is -0.631. The van der Waals surface area contributed by atoms with Gasteiger partial charge in [-0.3, -0.25) is 9.78 Å². The van der Waals surface area contributed by atoms with Crippen LogP contribution in [-0.4, -0.2) is 17.1 Å². The van der Waals surface area contributed by atoms with E-state index in [1.807, 2.05) is 0 Å². The van der Waals surface area contributed by atoms with Crippen LogP contribution in [0.15, 0.2) is 36.7 Å². The van der Waals surface area contributed by atoms with Crippen LogP contribution in [0.4, 0.5) is 0 Å². The lowest BCUT2D eigenvalue weighted by Crippen LogP contribution is -2.36. The van der Waals surface area contributed by atoms with E-state index in [0.717, 1.165) is 0 Å². The van der Waals surface area contributed by atoms with Crippen LogP contribution in [0.1, 0.15) is 17.3 Å². The molecule has 1 N–H and O–H groups in total. The monoisotopic (exact) mass is 344 g/mol. The van der Waals surface area contributed by atoms with E-state index in [2.05, 4.69) is 10.3 Å². The van der Waals surface area contributed by atoms with E-state index in [0.29, 0.717) is 10.6 Å². The Bertz CT molecular complexity index is 627. The molecule has 0 bridgehead atoms. The zero-order chi connectivity index (χ0) is 15.4. The molecule has 0 fully saturated rings. The number of carbonyl (C=O) groups is 1. The first kappa shape index (κ1) is 15.9. The lowest BCUT2D eigenvalue weighted by Gasteiger charge is -2.18. The molecule has 0 radical (unpaired) electrons. The van der Waals surface area contributed by atoms with Crippen molar-refractivity contribution in [2.24, 2.45) is 0 Å². The van der Waals surface area contributed by atoms with Crippen LogP contribution in [0.2, 0.25) is 15.1 Å². The Morgan fingerprint density at radius 3 is 2.52 bits per heavy atom. The van der Waals surface area contributed by atoms with Crippen molar-refractivity contribution < 1.29 is 9.53 Å². The standard InChI is InChI=1S/C14H11Cl3N2O2/c1-8(19-14(20)9-3-2-4-18-7-9)21-13-11(16)5-10(15)6-12(13)17/h2-8H,1H3,(H,19,20). The highest BCUT2D eigenvalue weighted by Crippen LogP contribution is 2.36. The number of nitrogens with zero attached hydrogens (tertiary/aromatic N) is 1. The van der Waals surface area contributed by atoms with E-state index in [1.54, 1.807) is 25.3 Å². The van der Waals surface area contributed by atoms with Gasteiger partial charge in [-0.1, -0.05) is 34.8 Å². The molecule has 1 unspecified atom stereocenters. The van der Waals surface area contributed by atoms with E-state index in [4.69, 9.17) is 39.5 Å². The highest BCUT2D eigenvalue weighted by molar-refractivity contribution is 6.40. The van der Waals surface area contributed by atoms with Crippen LogP contribution in [-0.2, 0) is 0 Å². The second kappa shape index (κ2) is 6.98. The van der Waals surface area contributed by atoms with Crippen LogP contribution in [0.25, 0.3) is 0 Å². The first-order valence-electron chi connectivity index (χ1n) is 5.99. The second-order valence-corrected chi connectivity index (χ2v) is 5.42. The number of rotatable bonds is 4. The molecule has 0 aliphatic heterocycles. The molecule has 0 aliphatic rings. The lowest BCUT2D eigenvalue weighted by atomic mass is 10.3. The Morgan fingerprint density at radius 1 is 1.29 bits per heavy atom. The molecule has 1 aromatic heterocycles. The summed E-state index contributed by atoms with van der Waals surface area (Å²) < 4.78 is 5.55. The fourth-order valence-corrected chi connectivity index (χ4v) is 2.52. The molecule has 1 heterocycles. The molecule has 2 aromatic rings. The Morgan fingerprint density at radius 2 is 1.95 bits per heavy atom. The predicted molar refractivity (Wildman–Crippen MR) is 83.3 cm³/mol. The fraction of sp³-hybridized carbons (Fsp3) is 0.143. The number of pyridine rings is 1. The molecule has 0 spiro atoms. The maximum Gasteiger partial charge on any atom is 0.255 e. The Hall–Kier alpha value is -1.49. The summed E-state index contributed by atoms with van der Waals surface area (Å²) in [4.78, 5) is 15.8. The minimum Gasteiger partial charge on any atom is -0.468 e. The number of halogens is 3. The van der Waals surface area contributed by atoms with Gasteiger partial charge in [0.05, 0.1) is 15.6 Å². The predicted octanol–water partition coefficient (Wildman–Crippen LogP) is 4.20. The lowest BCUT2D eigenvalue weighted by molar-refractivity contribution is 0.0851. The topological polar surface area (TPSA) is 51.2 Å². The van der Waals surface area contributed by atoms with E-state index in [9.17, 15) is 4.79 Å². The van der Waals surface area contributed by atoms with Crippen molar-refractivity contribution in [1.29, 1.82) is 0 Å². The smallest absolute Gasteiger partial charge is 0.255 e. The maximum absolute atomic E-state index is 12.0. The Kier molecular flexibility index (Phi) is 5.28. The quantitative estimate of drug-likeness (QED) is 0.845. The van der Waals surface area contributed by atoms with Gasteiger partial charge in [0.25, 0.3) is 5.91 Å². The van der Waals surface area contributed by atoms with Gasteiger partial charge >= 0.3 is 0 Å². The summed E-state index contributed by atoms with van der Waals surface area (Å²) in [5.41, 5.74) is 0.432. The van der Waals surface area contributed by atoms with Crippen LogP contribution >= 0.6 is 34.8 Å². The third-order valence-electron chi connectivity index (χ3n) is 2.52. The van der Waals surface area contributed by atoms with Gasteiger partial charge in [0.1, 0.15) is 0 Å². The van der Waals surface area contributed by atoms with Crippen molar-refractivity contribution in [3.05, 3.63) is 57.3 Å². The molecule has 0 saturated carbocycles. The van der Waals surface area contributed by atoms with E-state index < -0.39 is 6.23 Å². The van der Waals surface area contributed by atoms with Crippen LogP contribution in [0, 0.1) is 0 Å². The van der Waals surface area contributed by atoms with Crippen LogP contribution < -0.4 is 10.1 Å². The van der Waals surface area contributed by atoms with Gasteiger partial charge in [0.15, 0.2) is 12.0 Å². The number of hydrogen-bond donors (Lipinski definition) is 1. The first-order valence-corrected chi connectivity index (χ1v) is 7.13. The number of benzene rings is 1. The van der Waals surface area contributed by atoms with Gasteiger partial charge in [0.2, 0.25) is 0 Å². The normalized spacial score (nSPS) is 11.8. The zero-order valence-corrected chi connectivity index (χ0v) is 13.2. The number of amides is 1. The Balaban J connectivity index is 2.06. The molecule has 1 atom stereocenters. The molecule has 0 saturated heterocycles. The van der Waals surface area contributed by atoms with Crippen molar-refractivity contribution in [3.8, 4) is 5.75 Å². The summed E-state index contributed by atoms with van der Waals surface area (Å²) in [7, 11) is 0. The van der Waals surface area contributed by atoms with Crippen molar-refractivity contribution in [2.45, 2.75) is 13.2 Å². The average Bonchev–Trinajstić information content (AvgIpc) is 2.43. The summed E-state index contributed by atoms with van der Waals surface area (Å²) in [6, 6.07) is 6.35. The molecule has 4 nitrogen and oxygen atoms in total. The molecule has 110 valence electrons. The van der Waals surface area contributed by atoms with Gasteiger partial charge in [-0.15, -0.1) is 0 Å². The number of nitrogens with one attached hydrogen (secondary N) is 1. The summed E-state index contributed by atoms with van der Waals surface area (Å²) >= 11 is 17.9. The van der Waals surface area contributed by atoms with Crippen molar-refractivity contribution in [3.63, 3.8) is 0 Å². The third-order valence-corrected chi connectivity index (χ3v) is 3.30. The number of hydrogen-bond acceptors (Lipinski definition) is 3. The fourth-order valence-electron chi connectivity index (χ4n) is 1.61. The summed E-state index contributed by atoms with van der Waals surface area (Å²) in [5, 5.41) is 3.62. The SMILES string of the molecule is CC(NC(=O)c1cccnc1)Oc1c(Cl)cc(Cl)cc1Cl. The summed E-state index contributed by atoms with van der Waals surface area (Å²) in [6.07, 6.45) is 2.42. The van der Waals surface area contributed by atoms with Crippen molar-refractivity contribution >= 4 is 40.7 Å².